The zero-order valence-electron chi connectivity index (χ0n) is 9.29. The zero-order chi connectivity index (χ0) is 10.6. The van der Waals surface area contributed by atoms with Gasteiger partial charge >= 0.3 is 0 Å². The van der Waals surface area contributed by atoms with Gasteiger partial charge in [-0.15, -0.1) is 0 Å². The molecule has 1 aromatic rings. The van der Waals surface area contributed by atoms with Gasteiger partial charge in [0.15, 0.2) is 5.78 Å². The third-order valence-electron chi connectivity index (χ3n) is 2.46. The normalized spacial score (nSPS) is 12.8. The third kappa shape index (κ3) is 3.02. The van der Waals surface area contributed by atoms with Crippen molar-refractivity contribution in [1.82, 2.24) is 4.57 Å². The molecular formula is C12H19NO. The van der Waals surface area contributed by atoms with Crippen LogP contribution in [0.5, 0.6) is 0 Å². The Bertz CT molecular complexity index is 301. The smallest absolute Gasteiger partial charge is 0.161 e. The van der Waals surface area contributed by atoms with Crippen molar-refractivity contribution in [1.29, 1.82) is 0 Å². The first-order chi connectivity index (χ1) is 6.63. The van der Waals surface area contributed by atoms with E-state index in [-0.39, 0.29) is 5.78 Å². The molecule has 0 aliphatic carbocycles. The second kappa shape index (κ2) is 4.99. The van der Waals surface area contributed by atoms with Crippen LogP contribution >= 0.6 is 0 Å². The molecule has 1 rings (SSSR count). The minimum Gasteiger partial charge on any atom is -0.353 e. The fourth-order valence-electron chi connectivity index (χ4n) is 1.71. The van der Waals surface area contributed by atoms with Crippen LogP contribution in [0, 0.1) is 5.92 Å². The van der Waals surface area contributed by atoms with Crippen molar-refractivity contribution in [3.8, 4) is 0 Å². The van der Waals surface area contributed by atoms with Gasteiger partial charge in [-0.2, -0.15) is 0 Å². The molecule has 1 atom stereocenters. The van der Waals surface area contributed by atoms with Crippen molar-refractivity contribution < 1.29 is 4.79 Å². The van der Waals surface area contributed by atoms with Gasteiger partial charge in [0.1, 0.15) is 0 Å². The lowest BCUT2D eigenvalue weighted by molar-refractivity contribution is 0.101. The lowest BCUT2D eigenvalue weighted by Crippen LogP contribution is -2.05. The second-order valence-corrected chi connectivity index (χ2v) is 4.05. The van der Waals surface area contributed by atoms with E-state index in [9.17, 15) is 4.79 Å². The van der Waals surface area contributed by atoms with E-state index in [0.29, 0.717) is 5.92 Å². The van der Waals surface area contributed by atoms with Crippen molar-refractivity contribution in [3.63, 3.8) is 0 Å². The van der Waals surface area contributed by atoms with Crippen LogP contribution in [0.1, 0.15) is 44.0 Å². The summed E-state index contributed by atoms with van der Waals surface area (Å²) < 4.78 is 2.11. The van der Waals surface area contributed by atoms with Crippen molar-refractivity contribution in [2.24, 2.45) is 5.92 Å². The highest BCUT2D eigenvalue weighted by Crippen LogP contribution is 2.10. The van der Waals surface area contributed by atoms with E-state index in [2.05, 4.69) is 18.4 Å². The first-order valence-electron chi connectivity index (χ1n) is 5.30. The molecule has 0 N–H and O–H groups in total. The molecule has 0 radical (unpaired) electrons. The lowest BCUT2D eigenvalue weighted by atomic mass is 10.1. The Kier molecular flexibility index (Phi) is 3.93. The molecule has 0 fully saturated rings. The highest BCUT2D eigenvalue weighted by molar-refractivity contribution is 5.93. The van der Waals surface area contributed by atoms with Crippen LogP contribution in [-0.4, -0.2) is 10.4 Å². The molecular weight excluding hydrogens is 174 g/mol. The number of carbonyl (C=O) groups excluding carboxylic acids is 1. The number of aromatic nitrogens is 1. The number of hydrogen-bond donors (Lipinski definition) is 0. The van der Waals surface area contributed by atoms with Gasteiger partial charge in [-0.1, -0.05) is 20.3 Å². The number of rotatable bonds is 5. The molecule has 0 aromatic carbocycles. The van der Waals surface area contributed by atoms with Crippen LogP contribution in [0.4, 0.5) is 0 Å². The average molecular weight is 193 g/mol. The third-order valence-corrected chi connectivity index (χ3v) is 2.46. The molecule has 0 bridgehead atoms. The minimum atomic E-state index is 0.145. The number of hydrogen-bond acceptors (Lipinski definition) is 1. The first-order valence-corrected chi connectivity index (χ1v) is 5.30. The van der Waals surface area contributed by atoms with E-state index in [4.69, 9.17) is 0 Å². The molecule has 78 valence electrons. The summed E-state index contributed by atoms with van der Waals surface area (Å²) in [5, 5.41) is 0. The van der Waals surface area contributed by atoms with Gasteiger partial charge in [0.05, 0.1) is 0 Å². The van der Waals surface area contributed by atoms with Gasteiger partial charge in [-0.05, 0) is 25.3 Å². The van der Waals surface area contributed by atoms with E-state index in [1.165, 1.54) is 12.8 Å². The summed E-state index contributed by atoms with van der Waals surface area (Å²) in [6.45, 7) is 7.07. The van der Waals surface area contributed by atoms with Crippen molar-refractivity contribution in [2.45, 2.75) is 40.2 Å². The van der Waals surface area contributed by atoms with Gasteiger partial charge in [0.2, 0.25) is 0 Å². The largest absolute Gasteiger partial charge is 0.353 e. The molecule has 0 aliphatic rings. The molecule has 0 amide bonds. The van der Waals surface area contributed by atoms with Gasteiger partial charge in [-0.3, -0.25) is 4.79 Å². The topological polar surface area (TPSA) is 22.0 Å². The quantitative estimate of drug-likeness (QED) is 0.658. The van der Waals surface area contributed by atoms with Crippen LogP contribution in [-0.2, 0) is 6.54 Å². The minimum absolute atomic E-state index is 0.145. The number of Topliss-reactive ketones (excluding diaryl/α,β-unsaturated/α-hetero) is 1. The molecule has 0 saturated heterocycles. The Labute approximate surface area is 85.9 Å². The number of nitrogens with zero attached hydrogens (tertiary/aromatic N) is 1. The van der Waals surface area contributed by atoms with E-state index >= 15 is 0 Å². The van der Waals surface area contributed by atoms with Gasteiger partial charge in [0, 0.05) is 24.5 Å². The van der Waals surface area contributed by atoms with Crippen LogP contribution in [0.2, 0.25) is 0 Å². The summed E-state index contributed by atoms with van der Waals surface area (Å²) in [6.07, 6.45) is 6.40. The predicted molar refractivity (Wildman–Crippen MR) is 58.5 cm³/mol. The van der Waals surface area contributed by atoms with Crippen molar-refractivity contribution >= 4 is 5.78 Å². The predicted octanol–water partition coefficient (Wildman–Crippen LogP) is 3.13. The van der Waals surface area contributed by atoms with Gasteiger partial charge in [-0.25, -0.2) is 0 Å². The Balaban J connectivity index is 2.55. The van der Waals surface area contributed by atoms with Crippen LogP contribution < -0.4 is 0 Å². The molecule has 1 heterocycles. The maximum absolute atomic E-state index is 11.1. The number of carbonyl (C=O) groups is 1. The Hall–Kier alpha value is -1.05. The monoisotopic (exact) mass is 193 g/mol. The Morgan fingerprint density at radius 3 is 2.79 bits per heavy atom. The van der Waals surface area contributed by atoms with E-state index in [1.54, 1.807) is 6.92 Å². The SMILES string of the molecule is CCCC(C)Cn1ccc(C(C)=O)c1. The number of ketones is 1. The summed E-state index contributed by atoms with van der Waals surface area (Å²) in [7, 11) is 0. The molecule has 2 nitrogen and oxygen atoms in total. The zero-order valence-corrected chi connectivity index (χ0v) is 9.29. The van der Waals surface area contributed by atoms with Crippen molar-refractivity contribution in [2.75, 3.05) is 0 Å². The standard InChI is InChI=1S/C12H19NO/c1-4-5-10(2)8-13-7-6-12(9-13)11(3)14/h6-7,9-10H,4-5,8H2,1-3H3. The Morgan fingerprint density at radius 1 is 1.57 bits per heavy atom. The molecule has 0 spiro atoms. The fourth-order valence-corrected chi connectivity index (χ4v) is 1.71. The van der Waals surface area contributed by atoms with Crippen LogP contribution in [0.25, 0.3) is 0 Å². The maximum Gasteiger partial charge on any atom is 0.161 e. The summed E-state index contributed by atoms with van der Waals surface area (Å²) >= 11 is 0. The molecule has 14 heavy (non-hydrogen) atoms. The highest BCUT2D eigenvalue weighted by Gasteiger charge is 2.04. The molecule has 1 aromatic heterocycles. The summed E-state index contributed by atoms with van der Waals surface area (Å²) in [5.74, 6) is 0.833. The highest BCUT2D eigenvalue weighted by atomic mass is 16.1. The van der Waals surface area contributed by atoms with E-state index < -0.39 is 0 Å². The second-order valence-electron chi connectivity index (χ2n) is 4.05. The fraction of sp³-hybridized carbons (Fsp3) is 0.583. The molecule has 0 aliphatic heterocycles. The first kappa shape index (κ1) is 11.0. The van der Waals surface area contributed by atoms with Gasteiger partial charge in [0.25, 0.3) is 0 Å². The maximum atomic E-state index is 11.1. The average Bonchev–Trinajstić information content (AvgIpc) is 2.53. The van der Waals surface area contributed by atoms with Crippen LogP contribution in [0.15, 0.2) is 18.5 Å². The molecule has 1 unspecified atom stereocenters. The van der Waals surface area contributed by atoms with Crippen LogP contribution in [0.3, 0.4) is 0 Å². The van der Waals surface area contributed by atoms with Gasteiger partial charge < -0.3 is 4.57 Å². The summed E-state index contributed by atoms with van der Waals surface area (Å²) in [4.78, 5) is 11.1. The van der Waals surface area contributed by atoms with E-state index in [0.717, 1.165) is 12.1 Å². The van der Waals surface area contributed by atoms with Crippen molar-refractivity contribution in [3.05, 3.63) is 24.0 Å². The summed E-state index contributed by atoms with van der Waals surface area (Å²) in [6, 6.07) is 1.89. The molecule has 2 heteroatoms. The summed E-state index contributed by atoms with van der Waals surface area (Å²) in [5.41, 5.74) is 0.814. The van der Waals surface area contributed by atoms with E-state index in [1.807, 2.05) is 18.5 Å². The lowest BCUT2D eigenvalue weighted by Gasteiger charge is -2.10. The molecule has 0 saturated carbocycles. The Morgan fingerprint density at radius 2 is 2.29 bits per heavy atom.